The van der Waals surface area contributed by atoms with E-state index in [9.17, 15) is 9.59 Å². The van der Waals surface area contributed by atoms with Crippen molar-refractivity contribution in [2.75, 3.05) is 11.9 Å². The van der Waals surface area contributed by atoms with Crippen LogP contribution in [0, 0.1) is 0 Å². The third-order valence-corrected chi connectivity index (χ3v) is 3.51. The summed E-state index contributed by atoms with van der Waals surface area (Å²) < 4.78 is 12.0. The summed E-state index contributed by atoms with van der Waals surface area (Å²) >= 11 is 5.77. The molecule has 0 saturated heterocycles. The molecule has 7 nitrogen and oxygen atoms in total. The molecule has 0 radical (unpaired) electrons. The number of carbonyl (C=O) groups excluding carboxylic acids is 2. The molecule has 0 bridgehead atoms. The second-order valence-corrected chi connectivity index (χ2v) is 6.06. The van der Waals surface area contributed by atoms with E-state index in [0.717, 1.165) is 0 Å². The molecule has 25 heavy (non-hydrogen) atoms. The Kier molecular flexibility index (Phi) is 6.41. The van der Waals surface area contributed by atoms with Gasteiger partial charge in [0, 0.05) is 17.1 Å². The SMILES string of the molecule is CC(C)n1nccc1NC(=O)[C@@H](C)OC(=O)COc1ccc(Cl)cc1. The molecule has 1 amide bonds. The highest BCUT2D eigenvalue weighted by Crippen LogP contribution is 2.16. The zero-order valence-electron chi connectivity index (χ0n) is 14.2. The summed E-state index contributed by atoms with van der Waals surface area (Å²) in [5.74, 6) is -0.0585. The molecule has 1 heterocycles. The van der Waals surface area contributed by atoms with Crippen LogP contribution in [0.3, 0.4) is 0 Å². The van der Waals surface area contributed by atoms with Crippen LogP contribution in [0.2, 0.25) is 5.02 Å². The van der Waals surface area contributed by atoms with E-state index in [1.54, 1.807) is 41.2 Å². The Balaban J connectivity index is 1.82. The number of ether oxygens (including phenoxy) is 2. The standard InChI is InChI=1S/C17H20ClN3O4/c1-11(2)21-15(8-9-19-21)20-17(23)12(3)25-16(22)10-24-14-6-4-13(18)5-7-14/h4-9,11-12H,10H2,1-3H3,(H,20,23)/t12-/m1/s1. The third kappa shape index (κ3) is 5.49. The first-order valence-corrected chi connectivity index (χ1v) is 8.17. The number of amides is 1. The number of hydrogen-bond acceptors (Lipinski definition) is 5. The molecule has 0 unspecified atom stereocenters. The minimum atomic E-state index is -0.961. The summed E-state index contributed by atoms with van der Waals surface area (Å²) in [6.45, 7) is 5.08. The quantitative estimate of drug-likeness (QED) is 0.762. The second-order valence-electron chi connectivity index (χ2n) is 5.62. The van der Waals surface area contributed by atoms with E-state index in [-0.39, 0.29) is 12.6 Å². The van der Waals surface area contributed by atoms with Gasteiger partial charge in [-0.25, -0.2) is 9.48 Å². The van der Waals surface area contributed by atoms with Gasteiger partial charge in [-0.15, -0.1) is 0 Å². The molecule has 1 aromatic heterocycles. The predicted octanol–water partition coefficient (Wildman–Crippen LogP) is 3.07. The van der Waals surface area contributed by atoms with E-state index >= 15 is 0 Å². The topological polar surface area (TPSA) is 82.5 Å². The highest BCUT2D eigenvalue weighted by molar-refractivity contribution is 6.30. The van der Waals surface area contributed by atoms with Crippen molar-refractivity contribution in [2.45, 2.75) is 32.9 Å². The Morgan fingerprint density at radius 2 is 1.88 bits per heavy atom. The van der Waals surface area contributed by atoms with Crippen LogP contribution in [-0.4, -0.2) is 34.4 Å². The highest BCUT2D eigenvalue weighted by Gasteiger charge is 2.20. The van der Waals surface area contributed by atoms with Crippen molar-refractivity contribution in [3.8, 4) is 5.75 Å². The van der Waals surface area contributed by atoms with E-state index in [0.29, 0.717) is 16.6 Å². The van der Waals surface area contributed by atoms with Crippen molar-refractivity contribution in [1.29, 1.82) is 0 Å². The lowest BCUT2D eigenvalue weighted by Gasteiger charge is -2.16. The molecule has 0 aliphatic heterocycles. The molecule has 0 fully saturated rings. The maximum absolute atomic E-state index is 12.1. The van der Waals surface area contributed by atoms with Crippen LogP contribution in [0.4, 0.5) is 5.82 Å². The van der Waals surface area contributed by atoms with Crippen LogP contribution in [0.1, 0.15) is 26.8 Å². The van der Waals surface area contributed by atoms with Gasteiger partial charge in [0.05, 0.1) is 6.20 Å². The van der Waals surface area contributed by atoms with E-state index in [1.165, 1.54) is 6.92 Å². The molecule has 1 atom stereocenters. The number of esters is 1. The number of anilines is 1. The van der Waals surface area contributed by atoms with Crippen molar-refractivity contribution >= 4 is 29.3 Å². The predicted molar refractivity (Wildman–Crippen MR) is 93.7 cm³/mol. The van der Waals surface area contributed by atoms with Crippen molar-refractivity contribution in [3.63, 3.8) is 0 Å². The Morgan fingerprint density at radius 1 is 1.20 bits per heavy atom. The average Bonchev–Trinajstić information content (AvgIpc) is 3.02. The van der Waals surface area contributed by atoms with E-state index in [4.69, 9.17) is 21.1 Å². The first-order valence-electron chi connectivity index (χ1n) is 7.79. The Hall–Kier alpha value is -2.54. The maximum atomic E-state index is 12.1. The van der Waals surface area contributed by atoms with Crippen LogP contribution >= 0.6 is 11.6 Å². The fourth-order valence-corrected chi connectivity index (χ4v) is 2.14. The Labute approximate surface area is 150 Å². The number of nitrogens with one attached hydrogen (secondary N) is 1. The number of carbonyl (C=O) groups is 2. The number of halogens is 1. The largest absolute Gasteiger partial charge is 0.482 e. The maximum Gasteiger partial charge on any atom is 0.344 e. The molecule has 1 aromatic carbocycles. The minimum absolute atomic E-state index is 0.0935. The molecule has 1 N–H and O–H groups in total. The molecule has 0 saturated carbocycles. The van der Waals surface area contributed by atoms with E-state index < -0.39 is 18.0 Å². The van der Waals surface area contributed by atoms with Gasteiger partial charge < -0.3 is 14.8 Å². The number of rotatable bonds is 7. The van der Waals surface area contributed by atoms with Gasteiger partial charge in [-0.2, -0.15) is 5.10 Å². The molecule has 0 aliphatic carbocycles. The molecule has 134 valence electrons. The summed E-state index contributed by atoms with van der Waals surface area (Å²) in [5, 5.41) is 7.38. The Bertz CT molecular complexity index is 728. The average molecular weight is 366 g/mol. The van der Waals surface area contributed by atoms with Crippen LogP contribution in [-0.2, 0) is 14.3 Å². The fraction of sp³-hybridized carbons (Fsp3) is 0.353. The number of benzene rings is 1. The molecular weight excluding hydrogens is 346 g/mol. The summed E-state index contributed by atoms with van der Waals surface area (Å²) in [6.07, 6.45) is 0.628. The minimum Gasteiger partial charge on any atom is -0.482 e. The number of aromatic nitrogens is 2. The molecular formula is C17H20ClN3O4. The molecule has 2 aromatic rings. The van der Waals surface area contributed by atoms with Gasteiger partial charge >= 0.3 is 5.97 Å². The lowest BCUT2D eigenvalue weighted by Crippen LogP contribution is -2.32. The van der Waals surface area contributed by atoms with Crippen molar-refractivity contribution in [1.82, 2.24) is 9.78 Å². The first-order chi connectivity index (χ1) is 11.9. The van der Waals surface area contributed by atoms with Crippen LogP contribution in [0.5, 0.6) is 5.75 Å². The lowest BCUT2D eigenvalue weighted by atomic mass is 10.3. The van der Waals surface area contributed by atoms with Crippen LogP contribution in [0.15, 0.2) is 36.5 Å². The monoisotopic (exact) mass is 365 g/mol. The molecule has 8 heteroatoms. The van der Waals surface area contributed by atoms with E-state index in [1.807, 2.05) is 13.8 Å². The van der Waals surface area contributed by atoms with Gasteiger partial charge in [0.25, 0.3) is 5.91 Å². The first kappa shape index (κ1) is 18.8. The highest BCUT2D eigenvalue weighted by atomic mass is 35.5. The van der Waals surface area contributed by atoms with Gasteiger partial charge in [-0.05, 0) is 45.0 Å². The summed E-state index contributed by atoms with van der Waals surface area (Å²) in [6, 6.07) is 8.34. The van der Waals surface area contributed by atoms with Gasteiger partial charge in [0.2, 0.25) is 0 Å². The van der Waals surface area contributed by atoms with Gasteiger partial charge in [-0.1, -0.05) is 11.6 Å². The third-order valence-electron chi connectivity index (χ3n) is 3.26. The van der Waals surface area contributed by atoms with Crippen molar-refractivity contribution in [3.05, 3.63) is 41.6 Å². The summed E-state index contributed by atoms with van der Waals surface area (Å²) in [7, 11) is 0. The van der Waals surface area contributed by atoms with Crippen LogP contribution < -0.4 is 10.1 Å². The molecule has 0 aliphatic rings. The van der Waals surface area contributed by atoms with Crippen molar-refractivity contribution < 1.29 is 19.1 Å². The zero-order valence-corrected chi connectivity index (χ0v) is 15.0. The van der Waals surface area contributed by atoms with Crippen molar-refractivity contribution in [2.24, 2.45) is 0 Å². The number of nitrogens with zero attached hydrogens (tertiary/aromatic N) is 2. The Morgan fingerprint density at radius 3 is 2.52 bits per heavy atom. The normalized spacial score (nSPS) is 11.9. The van der Waals surface area contributed by atoms with E-state index in [2.05, 4.69) is 10.4 Å². The second kappa shape index (κ2) is 8.53. The van der Waals surface area contributed by atoms with Gasteiger partial charge in [-0.3, -0.25) is 4.79 Å². The van der Waals surface area contributed by atoms with Gasteiger partial charge in [0.1, 0.15) is 11.6 Å². The lowest BCUT2D eigenvalue weighted by molar-refractivity contribution is -0.155. The summed E-state index contributed by atoms with van der Waals surface area (Å²) in [4.78, 5) is 24.0. The fourth-order valence-electron chi connectivity index (χ4n) is 2.01. The molecule has 2 rings (SSSR count). The zero-order chi connectivity index (χ0) is 18.4. The van der Waals surface area contributed by atoms with Gasteiger partial charge in [0.15, 0.2) is 12.7 Å². The molecule has 0 spiro atoms. The summed E-state index contributed by atoms with van der Waals surface area (Å²) in [5.41, 5.74) is 0. The number of hydrogen-bond donors (Lipinski definition) is 1. The van der Waals surface area contributed by atoms with Crippen LogP contribution in [0.25, 0.3) is 0 Å². The smallest absolute Gasteiger partial charge is 0.344 e.